The molecule has 0 aromatic heterocycles. The second-order valence-electron chi connectivity index (χ2n) is 1.94. The topological polar surface area (TPSA) is 52.6 Å². The highest BCUT2D eigenvalue weighted by Gasteiger charge is 2.17. The van der Waals surface area contributed by atoms with Gasteiger partial charge in [-0.05, 0) is 0 Å². The van der Waals surface area contributed by atoms with Crippen LogP contribution in [0.1, 0.15) is 0 Å². The zero-order valence-corrected chi connectivity index (χ0v) is 7.05. The standard InChI is InChI=1S/C8H10O4/c1-5(7(9)11-3)6(2)8(10)12-4/h1-2H2,3-4H3. The van der Waals surface area contributed by atoms with Crippen LogP contribution in [0.2, 0.25) is 0 Å². The lowest BCUT2D eigenvalue weighted by atomic mass is 10.1. The molecule has 0 unspecified atom stereocenters. The van der Waals surface area contributed by atoms with Crippen molar-refractivity contribution in [3.8, 4) is 0 Å². The van der Waals surface area contributed by atoms with Gasteiger partial charge in [-0.3, -0.25) is 0 Å². The van der Waals surface area contributed by atoms with Gasteiger partial charge in [-0.25, -0.2) is 9.59 Å². The van der Waals surface area contributed by atoms with Crippen molar-refractivity contribution in [2.45, 2.75) is 0 Å². The zero-order valence-electron chi connectivity index (χ0n) is 7.05. The minimum Gasteiger partial charge on any atom is -0.465 e. The maximum absolute atomic E-state index is 10.8. The third-order valence-electron chi connectivity index (χ3n) is 1.23. The zero-order chi connectivity index (χ0) is 9.72. The Morgan fingerprint density at radius 1 is 0.917 bits per heavy atom. The van der Waals surface area contributed by atoms with E-state index in [-0.39, 0.29) is 11.1 Å². The molecular formula is C8H10O4. The number of ether oxygens (including phenoxy) is 2. The van der Waals surface area contributed by atoms with Crippen LogP contribution in [0.15, 0.2) is 24.3 Å². The summed E-state index contributed by atoms with van der Waals surface area (Å²) in [7, 11) is 2.39. The molecule has 0 radical (unpaired) electrons. The normalized spacial score (nSPS) is 8.50. The lowest BCUT2D eigenvalue weighted by Crippen LogP contribution is -2.12. The average Bonchev–Trinajstić information content (AvgIpc) is 2.12. The molecule has 0 atom stereocenters. The molecule has 4 heteroatoms. The second-order valence-corrected chi connectivity index (χ2v) is 1.94. The van der Waals surface area contributed by atoms with E-state index < -0.39 is 11.9 Å². The third kappa shape index (κ3) is 2.23. The van der Waals surface area contributed by atoms with Gasteiger partial charge < -0.3 is 9.47 Å². The molecule has 0 amide bonds. The van der Waals surface area contributed by atoms with Gasteiger partial charge in [0.05, 0.1) is 25.4 Å². The minimum atomic E-state index is -0.689. The monoisotopic (exact) mass is 170 g/mol. The summed E-state index contributed by atoms with van der Waals surface area (Å²) in [5, 5.41) is 0. The molecule has 0 fully saturated rings. The Kier molecular flexibility index (Phi) is 3.76. The summed E-state index contributed by atoms with van der Waals surface area (Å²) < 4.78 is 8.64. The highest BCUT2D eigenvalue weighted by atomic mass is 16.5. The van der Waals surface area contributed by atoms with Gasteiger partial charge in [0.1, 0.15) is 0 Å². The number of hydrogen-bond donors (Lipinski definition) is 0. The number of carbonyl (C=O) groups excluding carboxylic acids is 2. The fourth-order valence-corrected chi connectivity index (χ4v) is 0.493. The van der Waals surface area contributed by atoms with Crippen LogP contribution in [0.4, 0.5) is 0 Å². The Bertz CT molecular complexity index is 213. The molecule has 0 saturated carbocycles. The maximum atomic E-state index is 10.8. The molecule has 0 saturated heterocycles. The average molecular weight is 170 g/mol. The third-order valence-corrected chi connectivity index (χ3v) is 1.23. The van der Waals surface area contributed by atoms with Crippen LogP contribution < -0.4 is 0 Å². The molecule has 0 spiro atoms. The molecule has 12 heavy (non-hydrogen) atoms. The number of rotatable bonds is 3. The molecule has 0 aliphatic carbocycles. The molecule has 0 aromatic rings. The Balaban J connectivity index is 4.41. The number of carbonyl (C=O) groups is 2. The van der Waals surface area contributed by atoms with E-state index in [0.29, 0.717) is 0 Å². The predicted molar refractivity (Wildman–Crippen MR) is 42.3 cm³/mol. The quantitative estimate of drug-likeness (QED) is 0.350. The highest BCUT2D eigenvalue weighted by Crippen LogP contribution is 2.07. The Morgan fingerprint density at radius 2 is 1.17 bits per heavy atom. The highest BCUT2D eigenvalue weighted by molar-refractivity contribution is 6.05. The van der Waals surface area contributed by atoms with Crippen molar-refractivity contribution in [1.82, 2.24) is 0 Å². The first-order chi connectivity index (χ1) is 5.54. The van der Waals surface area contributed by atoms with Crippen molar-refractivity contribution in [2.75, 3.05) is 14.2 Å². The molecule has 0 aliphatic rings. The van der Waals surface area contributed by atoms with Gasteiger partial charge >= 0.3 is 11.9 Å². The second kappa shape index (κ2) is 4.33. The van der Waals surface area contributed by atoms with Gasteiger partial charge in [0, 0.05) is 0 Å². The van der Waals surface area contributed by atoms with Crippen LogP contribution in [0.3, 0.4) is 0 Å². The molecular weight excluding hydrogens is 160 g/mol. The molecule has 0 heterocycles. The number of hydrogen-bond acceptors (Lipinski definition) is 4. The van der Waals surface area contributed by atoms with E-state index >= 15 is 0 Å². The number of esters is 2. The van der Waals surface area contributed by atoms with Gasteiger partial charge in [-0.2, -0.15) is 0 Å². The van der Waals surface area contributed by atoms with Crippen molar-refractivity contribution in [3.05, 3.63) is 24.3 Å². The Hall–Kier alpha value is -1.58. The van der Waals surface area contributed by atoms with E-state index in [1.165, 1.54) is 14.2 Å². The first kappa shape index (κ1) is 10.4. The first-order valence-corrected chi connectivity index (χ1v) is 3.09. The van der Waals surface area contributed by atoms with Crippen LogP contribution in [0, 0.1) is 0 Å². The fourth-order valence-electron chi connectivity index (χ4n) is 0.493. The molecule has 0 aliphatic heterocycles. The smallest absolute Gasteiger partial charge is 0.338 e. The van der Waals surface area contributed by atoms with Crippen LogP contribution in [-0.4, -0.2) is 26.2 Å². The molecule has 0 rings (SSSR count). The summed E-state index contributed by atoms with van der Waals surface area (Å²) in [6, 6.07) is 0. The van der Waals surface area contributed by atoms with Gasteiger partial charge in [0.15, 0.2) is 0 Å². The van der Waals surface area contributed by atoms with Gasteiger partial charge in [0.2, 0.25) is 0 Å². The van der Waals surface area contributed by atoms with Crippen molar-refractivity contribution < 1.29 is 19.1 Å². The fraction of sp³-hybridized carbons (Fsp3) is 0.250. The molecule has 0 N–H and O–H groups in total. The van der Waals surface area contributed by atoms with E-state index in [4.69, 9.17) is 0 Å². The molecule has 0 aromatic carbocycles. The van der Waals surface area contributed by atoms with E-state index in [1.807, 2.05) is 0 Å². The summed E-state index contributed by atoms with van der Waals surface area (Å²) >= 11 is 0. The van der Waals surface area contributed by atoms with Crippen molar-refractivity contribution >= 4 is 11.9 Å². The van der Waals surface area contributed by atoms with Gasteiger partial charge in [0.25, 0.3) is 0 Å². The summed E-state index contributed by atoms with van der Waals surface area (Å²) in [6.45, 7) is 6.64. The van der Waals surface area contributed by atoms with Crippen LogP contribution in [0.25, 0.3) is 0 Å². The summed E-state index contributed by atoms with van der Waals surface area (Å²) in [6.07, 6.45) is 0. The SMILES string of the molecule is C=C(C(=C)C(=O)OC)C(=O)OC. The Labute approximate surface area is 70.5 Å². The van der Waals surface area contributed by atoms with Crippen molar-refractivity contribution in [3.63, 3.8) is 0 Å². The first-order valence-electron chi connectivity index (χ1n) is 3.09. The van der Waals surface area contributed by atoms with E-state index in [9.17, 15) is 9.59 Å². The van der Waals surface area contributed by atoms with E-state index in [2.05, 4.69) is 22.6 Å². The number of methoxy groups -OCH3 is 2. The van der Waals surface area contributed by atoms with Crippen molar-refractivity contribution in [2.24, 2.45) is 0 Å². The van der Waals surface area contributed by atoms with Crippen LogP contribution in [0.5, 0.6) is 0 Å². The maximum Gasteiger partial charge on any atom is 0.338 e. The Morgan fingerprint density at radius 3 is 1.33 bits per heavy atom. The molecule has 66 valence electrons. The van der Waals surface area contributed by atoms with E-state index in [1.54, 1.807) is 0 Å². The largest absolute Gasteiger partial charge is 0.465 e. The molecule has 0 bridgehead atoms. The van der Waals surface area contributed by atoms with E-state index in [0.717, 1.165) is 0 Å². The lowest BCUT2D eigenvalue weighted by molar-refractivity contribution is -0.139. The van der Waals surface area contributed by atoms with Gasteiger partial charge in [-0.1, -0.05) is 13.2 Å². The predicted octanol–water partition coefficient (Wildman–Crippen LogP) is 0.445. The summed E-state index contributed by atoms with van der Waals surface area (Å²) in [4.78, 5) is 21.6. The van der Waals surface area contributed by atoms with Crippen molar-refractivity contribution in [1.29, 1.82) is 0 Å². The van der Waals surface area contributed by atoms with Gasteiger partial charge in [-0.15, -0.1) is 0 Å². The summed E-state index contributed by atoms with van der Waals surface area (Å²) in [5.41, 5.74) is -0.186. The van der Waals surface area contributed by atoms with Crippen LogP contribution in [-0.2, 0) is 19.1 Å². The van der Waals surface area contributed by atoms with Crippen LogP contribution >= 0.6 is 0 Å². The summed E-state index contributed by atoms with van der Waals surface area (Å²) in [5.74, 6) is -1.38. The minimum absolute atomic E-state index is 0.0932. The lowest BCUT2D eigenvalue weighted by Gasteiger charge is -2.03. The molecule has 4 nitrogen and oxygen atoms in total.